The molecule has 1 aliphatic carbocycles. The molecule has 1 atom stereocenters. The van der Waals surface area contributed by atoms with Gasteiger partial charge in [-0.2, -0.15) is 0 Å². The monoisotopic (exact) mass is 239 g/mol. The highest BCUT2D eigenvalue weighted by Crippen LogP contribution is 2.69. The number of carboxylic acids is 1. The fraction of sp³-hybridized carbons (Fsp3) is 0.846. The van der Waals surface area contributed by atoms with Gasteiger partial charge in [-0.3, -0.25) is 4.79 Å². The molecule has 2 fully saturated rings. The zero-order valence-corrected chi connectivity index (χ0v) is 11.0. The van der Waals surface area contributed by atoms with E-state index < -0.39 is 12.0 Å². The maximum atomic E-state index is 12.4. The minimum Gasteiger partial charge on any atom is -0.480 e. The van der Waals surface area contributed by atoms with Crippen LogP contribution in [0.5, 0.6) is 0 Å². The van der Waals surface area contributed by atoms with E-state index >= 15 is 0 Å². The zero-order valence-electron chi connectivity index (χ0n) is 11.0. The first-order valence-electron chi connectivity index (χ1n) is 6.24. The van der Waals surface area contributed by atoms with Crippen LogP contribution in [0.25, 0.3) is 0 Å². The van der Waals surface area contributed by atoms with E-state index in [9.17, 15) is 9.59 Å². The molecule has 4 heteroatoms. The van der Waals surface area contributed by atoms with Gasteiger partial charge in [-0.25, -0.2) is 4.79 Å². The summed E-state index contributed by atoms with van der Waals surface area (Å²) in [6, 6.07) is -0.602. The lowest BCUT2D eigenvalue weighted by molar-refractivity contribution is -0.149. The Morgan fingerprint density at radius 3 is 2.12 bits per heavy atom. The van der Waals surface area contributed by atoms with Crippen LogP contribution in [0, 0.1) is 16.7 Å². The molecule has 0 aromatic carbocycles. The van der Waals surface area contributed by atoms with Gasteiger partial charge in [0.2, 0.25) is 5.91 Å². The Balaban J connectivity index is 2.15. The molecule has 1 saturated carbocycles. The number of rotatable bonds is 2. The first-order chi connectivity index (χ1) is 7.71. The van der Waals surface area contributed by atoms with E-state index in [1.54, 1.807) is 4.90 Å². The lowest BCUT2D eigenvalue weighted by Crippen LogP contribution is -2.42. The van der Waals surface area contributed by atoms with Crippen molar-refractivity contribution in [1.82, 2.24) is 4.90 Å². The van der Waals surface area contributed by atoms with Crippen LogP contribution < -0.4 is 0 Å². The van der Waals surface area contributed by atoms with Crippen molar-refractivity contribution in [3.8, 4) is 0 Å². The van der Waals surface area contributed by atoms with Crippen LogP contribution in [0.3, 0.4) is 0 Å². The molecule has 1 saturated heterocycles. The maximum absolute atomic E-state index is 12.4. The molecule has 0 spiro atoms. The van der Waals surface area contributed by atoms with Gasteiger partial charge in [-0.15, -0.1) is 0 Å². The Hall–Kier alpha value is -1.06. The van der Waals surface area contributed by atoms with E-state index in [1.807, 2.05) is 0 Å². The normalized spacial score (nSPS) is 30.4. The Bertz CT molecular complexity index is 359. The highest BCUT2D eigenvalue weighted by atomic mass is 16.4. The van der Waals surface area contributed by atoms with Gasteiger partial charge in [0.05, 0.1) is 0 Å². The molecule has 1 heterocycles. The number of amides is 1. The molecule has 1 unspecified atom stereocenters. The molecule has 2 rings (SSSR count). The van der Waals surface area contributed by atoms with Crippen LogP contribution in [0.4, 0.5) is 0 Å². The minimum absolute atomic E-state index is 0.0181. The van der Waals surface area contributed by atoms with E-state index in [0.29, 0.717) is 13.0 Å². The van der Waals surface area contributed by atoms with Crippen LogP contribution in [-0.2, 0) is 9.59 Å². The predicted octanol–water partition coefficient (Wildman–Crippen LogP) is 1.74. The number of nitrogens with zero attached hydrogens (tertiary/aromatic N) is 1. The predicted molar refractivity (Wildman–Crippen MR) is 63.4 cm³/mol. The number of aliphatic carboxylic acids is 1. The molecule has 1 amide bonds. The van der Waals surface area contributed by atoms with Crippen molar-refractivity contribution in [2.75, 3.05) is 6.54 Å². The maximum Gasteiger partial charge on any atom is 0.326 e. The largest absolute Gasteiger partial charge is 0.480 e. The van der Waals surface area contributed by atoms with Gasteiger partial charge in [0.1, 0.15) is 6.04 Å². The molecule has 96 valence electrons. The SMILES string of the molecule is CC1(C)C(C(=O)N2CCCC2C(=O)O)C1(C)C. The summed E-state index contributed by atoms with van der Waals surface area (Å²) in [4.78, 5) is 25.1. The number of hydrogen-bond acceptors (Lipinski definition) is 2. The average Bonchev–Trinajstić information content (AvgIpc) is 2.55. The van der Waals surface area contributed by atoms with Gasteiger partial charge in [0.15, 0.2) is 0 Å². The molecular formula is C13H21NO3. The lowest BCUT2D eigenvalue weighted by atomic mass is 10.0. The summed E-state index contributed by atoms with van der Waals surface area (Å²) >= 11 is 0. The Labute approximate surface area is 102 Å². The Kier molecular flexibility index (Phi) is 2.53. The molecule has 0 radical (unpaired) electrons. The van der Waals surface area contributed by atoms with Crippen LogP contribution in [0.2, 0.25) is 0 Å². The van der Waals surface area contributed by atoms with Gasteiger partial charge in [0, 0.05) is 12.5 Å². The highest BCUT2D eigenvalue weighted by molar-refractivity contribution is 5.89. The second-order valence-corrected chi connectivity index (χ2v) is 6.40. The van der Waals surface area contributed by atoms with Crippen molar-refractivity contribution in [2.24, 2.45) is 16.7 Å². The third kappa shape index (κ3) is 1.57. The highest BCUT2D eigenvalue weighted by Gasteiger charge is 2.69. The van der Waals surface area contributed by atoms with Crippen molar-refractivity contribution in [2.45, 2.75) is 46.6 Å². The Morgan fingerprint density at radius 1 is 1.18 bits per heavy atom. The van der Waals surface area contributed by atoms with Crippen LogP contribution in [0.15, 0.2) is 0 Å². The molecular weight excluding hydrogens is 218 g/mol. The van der Waals surface area contributed by atoms with E-state index in [2.05, 4.69) is 27.7 Å². The molecule has 2 aliphatic rings. The van der Waals surface area contributed by atoms with Crippen LogP contribution in [0.1, 0.15) is 40.5 Å². The first-order valence-corrected chi connectivity index (χ1v) is 6.24. The summed E-state index contributed by atoms with van der Waals surface area (Å²) in [5.41, 5.74) is -0.0363. The third-order valence-corrected chi connectivity index (χ3v) is 5.09. The van der Waals surface area contributed by atoms with E-state index in [1.165, 1.54) is 0 Å². The van der Waals surface area contributed by atoms with Crippen LogP contribution >= 0.6 is 0 Å². The van der Waals surface area contributed by atoms with Crippen molar-refractivity contribution in [3.05, 3.63) is 0 Å². The quantitative estimate of drug-likeness (QED) is 0.798. The molecule has 17 heavy (non-hydrogen) atoms. The topological polar surface area (TPSA) is 57.6 Å². The summed E-state index contributed by atoms with van der Waals surface area (Å²) in [5, 5.41) is 9.10. The number of carbonyl (C=O) groups is 2. The van der Waals surface area contributed by atoms with Gasteiger partial charge < -0.3 is 10.0 Å². The van der Waals surface area contributed by atoms with Crippen molar-refractivity contribution >= 4 is 11.9 Å². The van der Waals surface area contributed by atoms with E-state index in [4.69, 9.17) is 5.11 Å². The number of carboxylic acid groups (broad SMARTS) is 1. The molecule has 1 N–H and O–H groups in total. The summed E-state index contributed by atoms with van der Waals surface area (Å²) in [6.07, 6.45) is 1.39. The minimum atomic E-state index is -0.868. The van der Waals surface area contributed by atoms with Crippen molar-refractivity contribution in [1.29, 1.82) is 0 Å². The van der Waals surface area contributed by atoms with Gasteiger partial charge in [-0.1, -0.05) is 27.7 Å². The smallest absolute Gasteiger partial charge is 0.326 e. The molecule has 0 aromatic rings. The first kappa shape index (κ1) is 12.4. The third-order valence-electron chi connectivity index (χ3n) is 5.09. The summed E-state index contributed by atoms with van der Waals surface area (Å²) in [7, 11) is 0. The van der Waals surface area contributed by atoms with Crippen molar-refractivity contribution < 1.29 is 14.7 Å². The second kappa shape index (κ2) is 3.47. The number of carbonyl (C=O) groups excluding carboxylic acids is 1. The van der Waals surface area contributed by atoms with E-state index in [0.717, 1.165) is 6.42 Å². The van der Waals surface area contributed by atoms with Crippen LogP contribution in [-0.4, -0.2) is 34.5 Å². The fourth-order valence-electron chi connectivity index (χ4n) is 3.27. The standard InChI is InChI=1S/C13H21NO3/c1-12(2)9(13(12,3)4)10(15)14-7-5-6-8(14)11(16)17/h8-9H,5-7H2,1-4H3,(H,16,17). The fourth-order valence-corrected chi connectivity index (χ4v) is 3.27. The van der Waals surface area contributed by atoms with Gasteiger partial charge in [-0.05, 0) is 23.7 Å². The van der Waals surface area contributed by atoms with Gasteiger partial charge >= 0.3 is 5.97 Å². The average molecular weight is 239 g/mol. The molecule has 1 aliphatic heterocycles. The Morgan fingerprint density at radius 2 is 1.71 bits per heavy atom. The zero-order chi connectivity index (χ0) is 13.0. The van der Waals surface area contributed by atoms with E-state index in [-0.39, 0.29) is 22.7 Å². The summed E-state index contributed by atoms with van der Waals surface area (Å²) < 4.78 is 0. The van der Waals surface area contributed by atoms with Crippen molar-refractivity contribution in [3.63, 3.8) is 0 Å². The number of hydrogen-bond donors (Lipinski definition) is 1. The number of likely N-dealkylation sites (tertiary alicyclic amines) is 1. The lowest BCUT2D eigenvalue weighted by Gasteiger charge is -2.22. The second-order valence-electron chi connectivity index (χ2n) is 6.40. The molecule has 0 bridgehead atoms. The summed E-state index contributed by atoms with van der Waals surface area (Å²) in [5.74, 6) is -0.869. The van der Waals surface area contributed by atoms with Gasteiger partial charge in [0.25, 0.3) is 0 Å². The molecule has 0 aromatic heterocycles. The molecule has 4 nitrogen and oxygen atoms in total. The summed E-state index contributed by atoms with van der Waals surface area (Å²) in [6.45, 7) is 8.93.